The zero-order chi connectivity index (χ0) is 23.5. The van der Waals surface area contributed by atoms with Gasteiger partial charge in [-0.2, -0.15) is 5.10 Å². The maximum absolute atomic E-state index is 13.9. The van der Waals surface area contributed by atoms with Crippen LogP contribution in [0.3, 0.4) is 0 Å². The molecule has 0 saturated heterocycles. The Morgan fingerprint density at radius 2 is 2.09 bits per heavy atom. The van der Waals surface area contributed by atoms with E-state index in [0.29, 0.717) is 23.0 Å². The molecule has 4 rings (SSSR count). The van der Waals surface area contributed by atoms with Gasteiger partial charge in [-0.15, -0.1) is 0 Å². The molecule has 0 saturated carbocycles. The molecule has 172 valence electrons. The van der Waals surface area contributed by atoms with Crippen LogP contribution in [0, 0.1) is 11.6 Å². The molecule has 2 aliphatic heterocycles. The summed E-state index contributed by atoms with van der Waals surface area (Å²) in [6.45, 7) is 1.79. The Morgan fingerprint density at radius 1 is 1.27 bits per heavy atom. The van der Waals surface area contributed by atoms with Crippen LogP contribution in [0.1, 0.15) is 13.3 Å². The summed E-state index contributed by atoms with van der Waals surface area (Å²) in [5.41, 5.74) is 3.21. The van der Waals surface area contributed by atoms with Crippen LogP contribution in [0.25, 0.3) is 0 Å². The zero-order valence-electron chi connectivity index (χ0n) is 17.8. The average Bonchev–Trinajstić information content (AvgIpc) is 3.23. The Hall–Kier alpha value is -3.60. The number of thioether (sulfide) groups is 1. The third-order valence-corrected chi connectivity index (χ3v) is 6.40. The molecule has 0 aliphatic carbocycles. The second-order valence-corrected chi connectivity index (χ2v) is 8.34. The lowest BCUT2D eigenvalue weighted by molar-refractivity contribution is -0.122. The highest BCUT2D eigenvalue weighted by Gasteiger charge is 2.39. The van der Waals surface area contributed by atoms with Gasteiger partial charge in [-0.25, -0.2) is 8.78 Å². The Kier molecular flexibility index (Phi) is 6.50. The van der Waals surface area contributed by atoms with Crippen LogP contribution in [-0.4, -0.2) is 40.4 Å². The van der Waals surface area contributed by atoms with Crippen molar-refractivity contribution < 1.29 is 23.1 Å². The van der Waals surface area contributed by atoms with Crippen molar-refractivity contribution in [1.29, 1.82) is 0 Å². The molecule has 2 atom stereocenters. The van der Waals surface area contributed by atoms with Crippen LogP contribution >= 0.6 is 11.8 Å². The quantitative estimate of drug-likeness (QED) is 0.669. The second-order valence-electron chi connectivity index (χ2n) is 7.17. The van der Waals surface area contributed by atoms with Gasteiger partial charge in [0.25, 0.3) is 5.91 Å². The molecule has 0 bridgehead atoms. The number of carbonyl (C=O) groups excluding carboxylic acids is 2. The van der Waals surface area contributed by atoms with Crippen LogP contribution in [0.5, 0.6) is 5.75 Å². The minimum absolute atomic E-state index is 0.231. The molecular weight excluding hydrogens is 452 g/mol. The van der Waals surface area contributed by atoms with Crippen molar-refractivity contribution >= 4 is 40.1 Å². The molecule has 2 aromatic carbocycles. The van der Waals surface area contributed by atoms with E-state index >= 15 is 0 Å². The van der Waals surface area contributed by atoms with Crippen molar-refractivity contribution in [3.05, 3.63) is 66.5 Å². The molecule has 0 fully saturated rings. The largest absolute Gasteiger partial charge is 0.497 e. The minimum atomic E-state index is -0.773. The lowest BCUT2D eigenvalue weighted by atomic mass is 10.2. The number of methoxy groups -OCH3 is 1. The second kappa shape index (κ2) is 9.49. The number of hydrogen-bond acceptors (Lipinski definition) is 7. The van der Waals surface area contributed by atoms with Gasteiger partial charge in [0, 0.05) is 24.5 Å². The van der Waals surface area contributed by atoms with E-state index in [-0.39, 0.29) is 11.6 Å². The van der Waals surface area contributed by atoms with Crippen molar-refractivity contribution in [2.75, 3.05) is 17.3 Å². The first kappa shape index (κ1) is 22.6. The third-order valence-electron chi connectivity index (χ3n) is 5.06. The standard InChI is InChI=1S/C22H21F2N5O3S/c1-3-18(20(30)25-17-11-13(23)7-8-16(17)24)33-22-27-26-19-21(31)28(9-10-29(19)22)14-5-4-6-15(12-14)32-2/h4-12,18-19,26H,3H2,1-2H3,(H,25,30). The van der Waals surface area contributed by atoms with Crippen LogP contribution in [-0.2, 0) is 9.59 Å². The first-order valence-electron chi connectivity index (χ1n) is 10.1. The monoisotopic (exact) mass is 473 g/mol. The lowest BCUT2D eigenvalue weighted by Gasteiger charge is -2.32. The highest BCUT2D eigenvalue weighted by molar-refractivity contribution is 8.14. The Morgan fingerprint density at radius 3 is 2.85 bits per heavy atom. The molecule has 8 nitrogen and oxygen atoms in total. The molecule has 2 N–H and O–H groups in total. The summed E-state index contributed by atoms with van der Waals surface area (Å²) in [7, 11) is 1.55. The summed E-state index contributed by atoms with van der Waals surface area (Å²) in [5, 5.41) is 6.41. The fourth-order valence-electron chi connectivity index (χ4n) is 3.33. The maximum Gasteiger partial charge on any atom is 0.276 e. The molecule has 2 unspecified atom stereocenters. The van der Waals surface area contributed by atoms with Gasteiger partial charge >= 0.3 is 0 Å². The highest BCUT2D eigenvalue weighted by Crippen LogP contribution is 2.30. The minimum Gasteiger partial charge on any atom is -0.497 e. The Bertz CT molecular complexity index is 1140. The molecule has 0 radical (unpaired) electrons. The van der Waals surface area contributed by atoms with E-state index in [0.717, 1.165) is 30.0 Å². The molecule has 0 aromatic heterocycles. The van der Waals surface area contributed by atoms with Gasteiger partial charge in [-0.05, 0) is 30.7 Å². The molecule has 2 amide bonds. The van der Waals surface area contributed by atoms with Crippen molar-refractivity contribution in [3.63, 3.8) is 0 Å². The van der Waals surface area contributed by atoms with Crippen molar-refractivity contribution in [3.8, 4) is 5.75 Å². The van der Waals surface area contributed by atoms with Gasteiger partial charge in [-0.1, -0.05) is 24.8 Å². The number of fused-ring (bicyclic) bond motifs is 1. The van der Waals surface area contributed by atoms with E-state index in [2.05, 4.69) is 15.8 Å². The normalized spacial score (nSPS) is 17.9. The van der Waals surface area contributed by atoms with Gasteiger partial charge in [0.2, 0.25) is 12.1 Å². The number of benzene rings is 2. The molecular formula is C22H21F2N5O3S. The number of amides is 2. The maximum atomic E-state index is 13.9. The van der Waals surface area contributed by atoms with Crippen molar-refractivity contribution in [2.24, 2.45) is 5.10 Å². The van der Waals surface area contributed by atoms with Crippen molar-refractivity contribution in [1.82, 2.24) is 10.3 Å². The van der Waals surface area contributed by atoms with Crippen LogP contribution < -0.4 is 20.4 Å². The fraction of sp³-hybridized carbons (Fsp3) is 0.227. The highest BCUT2D eigenvalue weighted by atomic mass is 32.2. The number of rotatable bonds is 6. The number of hydrogen-bond donors (Lipinski definition) is 2. The van der Waals surface area contributed by atoms with Gasteiger partial charge < -0.3 is 10.1 Å². The van der Waals surface area contributed by atoms with E-state index in [1.54, 1.807) is 55.6 Å². The molecule has 2 aliphatic rings. The van der Waals surface area contributed by atoms with E-state index in [1.165, 1.54) is 4.90 Å². The van der Waals surface area contributed by atoms with E-state index in [4.69, 9.17) is 4.74 Å². The first-order valence-corrected chi connectivity index (χ1v) is 11.0. The molecule has 2 heterocycles. The summed E-state index contributed by atoms with van der Waals surface area (Å²) < 4.78 is 32.5. The number of halogens is 2. The number of nitrogens with zero attached hydrogens (tertiary/aromatic N) is 3. The number of amidine groups is 1. The van der Waals surface area contributed by atoms with E-state index in [1.807, 2.05) is 0 Å². The molecule has 0 spiro atoms. The predicted octanol–water partition coefficient (Wildman–Crippen LogP) is 3.44. The van der Waals surface area contributed by atoms with Gasteiger partial charge in [0.05, 0.1) is 23.7 Å². The summed E-state index contributed by atoms with van der Waals surface area (Å²) in [4.78, 5) is 28.8. The van der Waals surface area contributed by atoms with Gasteiger partial charge in [0.1, 0.15) is 17.4 Å². The molecule has 33 heavy (non-hydrogen) atoms. The smallest absolute Gasteiger partial charge is 0.276 e. The number of ether oxygens (including phenoxy) is 1. The lowest BCUT2D eigenvalue weighted by Crippen LogP contribution is -2.52. The first-order chi connectivity index (χ1) is 15.9. The Balaban J connectivity index is 1.46. The van der Waals surface area contributed by atoms with Gasteiger partial charge in [-0.3, -0.25) is 24.8 Å². The SMILES string of the molecule is CCC(SC1=NNC2C(=O)N(c3cccc(OC)c3)C=CN12)C(=O)Nc1cc(F)ccc1F. The summed E-state index contributed by atoms with van der Waals surface area (Å²) >= 11 is 1.12. The number of nitrogens with one attached hydrogen (secondary N) is 2. The number of anilines is 2. The van der Waals surface area contributed by atoms with Crippen LogP contribution in [0.15, 0.2) is 60.0 Å². The zero-order valence-corrected chi connectivity index (χ0v) is 18.6. The summed E-state index contributed by atoms with van der Waals surface area (Å²) in [6.07, 6.45) is 2.93. The molecule has 2 aromatic rings. The van der Waals surface area contributed by atoms with Crippen LogP contribution in [0.2, 0.25) is 0 Å². The average molecular weight is 474 g/mol. The third kappa shape index (κ3) is 4.63. The van der Waals surface area contributed by atoms with Crippen LogP contribution in [0.4, 0.5) is 20.2 Å². The topological polar surface area (TPSA) is 86.3 Å². The number of carbonyl (C=O) groups is 2. The molecule has 11 heteroatoms. The van der Waals surface area contributed by atoms with Crippen molar-refractivity contribution in [2.45, 2.75) is 24.8 Å². The number of hydrazone groups is 1. The summed E-state index contributed by atoms with van der Waals surface area (Å²) in [5.74, 6) is -1.52. The fourth-order valence-corrected chi connectivity index (χ4v) is 4.31. The van der Waals surface area contributed by atoms with E-state index in [9.17, 15) is 18.4 Å². The Labute approximate surface area is 193 Å². The van der Waals surface area contributed by atoms with Gasteiger partial charge in [0.15, 0.2) is 5.17 Å². The predicted molar refractivity (Wildman–Crippen MR) is 122 cm³/mol. The van der Waals surface area contributed by atoms with E-state index < -0.39 is 29.0 Å². The summed E-state index contributed by atoms with van der Waals surface area (Å²) in [6, 6.07) is 9.95.